The molecule has 0 unspecified atom stereocenters. The molecule has 8 rings (SSSR count). The van der Waals surface area contributed by atoms with Crippen LogP contribution in [0.1, 0.15) is 17.7 Å². The highest BCUT2D eigenvalue weighted by Crippen LogP contribution is 2.42. The smallest absolute Gasteiger partial charge is 0.163 e. The Kier molecular flexibility index (Phi) is 4.75. The second-order valence-corrected chi connectivity index (χ2v) is 10.5. The van der Waals surface area contributed by atoms with E-state index >= 15 is 0 Å². The van der Waals surface area contributed by atoms with Crippen molar-refractivity contribution in [1.29, 1.82) is 0 Å². The van der Waals surface area contributed by atoms with Gasteiger partial charge in [0.25, 0.3) is 0 Å². The molecule has 0 atom stereocenters. The van der Waals surface area contributed by atoms with Crippen molar-refractivity contribution in [2.45, 2.75) is 12.8 Å². The molecule has 4 aromatic heterocycles. The third-order valence-corrected chi connectivity index (χ3v) is 8.38. The molecule has 180 valence electrons. The van der Waals surface area contributed by atoms with Gasteiger partial charge in [-0.25, -0.2) is 19.9 Å². The lowest BCUT2D eigenvalue weighted by molar-refractivity contribution is 0.888. The first kappa shape index (κ1) is 21.4. The molecule has 7 aromatic rings. The molecule has 1 aliphatic carbocycles. The number of fused-ring (bicyclic) bond motifs is 7. The first-order valence-corrected chi connectivity index (χ1v) is 13.5. The Morgan fingerprint density at radius 2 is 1.50 bits per heavy atom. The van der Waals surface area contributed by atoms with Gasteiger partial charge in [0.15, 0.2) is 11.6 Å². The van der Waals surface area contributed by atoms with Crippen molar-refractivity contribution in [2.24, 2.45) is 0 Å². The molecule has 38 heavy (non-hydrogen) atoms. The van der Waals surface area contributed by atoms with E-state index in [2.05, 4.69) is 75.2 Å². The summed E-state index contributed by atoms with van der Waals surface area (Å²) in [6.45, 7) is 0. The molecule has 0 fully saturated rings. The first-order valence-electron chi connectivity index (χ1n) is 12.7. The third-order valence-electron chi connectivity index (χ3n) is 7.30. The molecule has 0 saturated heterocycles. The van der Waals surface area contributed by atoms with Crippen molar-refractivity contribution >= 4 is 48.6 Å². The second-order valence-electron chi connectivity index (χ2n) is 9.48. The first-order chi connectivity index (χ1) is 18.8. The Bertz CT molecular complexity index is 2020. The van der Waals surface area contributed by atoms with Crippen LogP contribution < -0.4 is 0 Å². The lowest BCUT2D eigenvalue weighted by atomic mass is 10.00. The number of pyridine rings is 1. The maximum absolute atomic E-state index is 4.93. The second kappa shape index (κ2) is 8.43. The summed E-state index contributed by atoms with van der Waals surface area (Å²) in [5, 5.41) is 3.84. The highest BCUT2D eigenvalue weighted by Gasteiger charge is 2.23. The summed E-state index contributed by atoms with van der Waals surface area (Å²) in [6, 6.07) is 27.2. The van der Waals surface area contributed by atoms with Gasteiger partial charge >= 0.3 is 0 Å². The largest absolute Gasteiger partial charge is 0.311 e. The van der Waals surface area contributed by atoms with Crippen molar-refractivity contribution in [3.8, 4) is 28.5 Å². The maximum atomic E-state index is 4.93. The SMILES string of the molecule is C1=Cc2c(n(-c3ccc(-c4ncnc(-c5ccccc5)n4)cc3)c3cnc4sc5ccccc5c4c23)CC1. The Morgan fingerprint density at radius 3 is 2.34 bits per heavy atom. The Morgan fingerprint density at radius 1 is 0.737 bits per heavy atom. The van der Waals surface area contributed by atoms with Crippen molar-refractivity contribution in [2.75, 3.05) is 0 Å². The lowest BCUT2D eigenvalue weighted by Gasteiger charge is -2.13. The molecule has 0 radical (unpaired) electrons. The van der Waals surface area contributed by atoms with E-state index in [0.717, 1.165) is 40.0 Å². The minimum atomic E-state index is 0.667. The number of hydrogen-bond donors (Lipinski definition) is 0. The molecule has 0 amide bonds. The number of hydrogen-bond acceptors (Lipinski definition) is 5. The average Bonchev–Trinajstić information content (AvgIpc) is 3.53. The van der Waals surface area contributed by atoms with Crippen LogP contribution in [0.2, 0.25) is 0 Å². The number of thiophene rings is 1. The number of allylic oxidation sites excluding steroid dienone is 1. The van der Waals surface area contributed by atoms with Gasteiger partial charge in [-0.1, -0.05) is 60.7 Å². The van der Waals surface area contributed by atoms with Crippen molar-refractivity contribution in [3.05, 3.63) is 109 Å². The zero-order valence-corrected chi connectivity index (χ0v) is 21.2. The van der Waals surface area contributed by atoms with Crippen molar-refractivity contribution in [3.63, 3.8) is 0 Å². The summed E-state index contributed by atoms with van der Waals surface area (Å²) in [5.41, 5.74) is 6.86. The summed E-state index contributed by atoms with van der Waals surface area (Å²) < 4.78 is 3.67. The predicted octanol–water partition coefficient (Wildman–Crippen LogP) is 7.87. The van der Waals surface area contributed by atoms with Crippen molar-refractivity contribution < 1.29 is 0 Å². The molecular formula is C32H21N5S. The van der Waals surface area contributed by atoms with Crippen LogP contribution in [0, 0.1) is 0 Å². The summed E-state index contributed by atoms with van der Waals surface area (Å²) in [7, 11) is 0. The van der Waals surface area contributed by atoms with Gasteiger partial charge in [0, 0.05) is 48.9 Å². The van der Waals surface area contributed by atoms with Crippen LogP contribution in [0.4, 0.5) is 0 Å². The number of nitrogens with zero attached hydrogens (tertiary/aromatic N) is 5. The van der Waals surface area contributed by atoms with E-state index in [-0.39, 0.29) is 0 Å². The van der Waals surface area contributed by atoms with Gasteiger partial charge in [0.1, 0.15) is 11.2 Å². The van der Waals surface area contributed by atoms with E-state index in [1.54, 1.807) is 17.7 Å². The van der Waals surface area contributed by atoms with Crippen LogP contribution in [0.5, 0.6) is 0 Å². The molecule has 6 heteroatoms. The summed E-state index contributed by atoms with van der Waals surface area (Å²) in [6.07, 6.45) is 10.3. The Labute approximate surface area is 222 Å². The van der Waals surface area contributed by atoms with Crippen LogP contribution >= 0.6 is 11.3 Å². The van der Waals surface area contributed by atoms with E-state index in [4.69, 9.17) is 9.97 Å². The van der Waals surface area contributed by atoms with Gasteiger partial charge in [0.05, 0.1) is 11.7 Å². The quantitative estimate of drug-likeness (QED) is 0.244. The van der Waals surface area contributed by atoms with Gasteiger partial charge in [-0.3, -0.25) is 0 Å². The number of rotatable bonds is 3. The zero-order chi connectivity index (χ0) is 25.1. The third kappa shape index (κ3) is 3.24. The number of aromatic nitrogens is 5. The average molecular weight is 508 g/mol. The summed E-state index contributed by atoms with van der Waals surface area (Å²) in [4.78, 5) is 19.6. The Balaban J connectivity index is 1.29. The van der Waals surface area contributed by atoms with E-state index in [9.17, 15) is 0 Å². The van der Waals surface area contributed by atoms with Crippen LogP contribution in [0.3, 0.4) is 0 Å². The molecule has 0 aliphatic heterocycles. The standard InChI is InChI=1S/C32H21N5S/c1-2-8-20(9-3-1)30-34-19-35-31(36-30)21-14-16-22(17-15-21)37-25-12-6-4-10-23(25)28-26(37)18-33-32-29(28)24-11-5-7-13-27(24)38-32/h1-5,7-11,13-19H,6,12H2. The lowest BCUT2D eigenvalue weighted by Crippen LogP contribution is -2.03. The van der Waals surface area contributed by atoms with Crippen LogP contribution in [0.25, 0.3) is 65.7 Å². The van der Waals surface area contributed by atoms with Crippen molar-refractivity contribution in [1.82, 2.24) is 24.5 Å². The van der Waals surface area contributed by atoms with Crippen LogP contribution in [-0.4, -0.2) is 24.5 Å². The molecule has 5 nitrogen and oxygen atoms in total. The predicted molar refractivity (Wildman–Crippen MR) is 156 cm³/mol. The fourth-order valence-electron chi connectivity index (χ4n) is 5.59. The highest BCUT2D eigenvalue weighted by molar-refractivity contribution is 7.25. The zero-order valence-electron chi connectivity index (χ0n) is 20.4. The highest BCUT2D eigenvalue weighted by atomic mass is 32.1. The van der Waals surface area contributed by atoms with Gasteiger partial charge in [0.2, 0.25) is 0 Å². The van der Waals surface area contributed by atoms with E-state index in [1.807, 2.05) is 36.5 Å². The molecule has 4 heterocycles. The van der Waals surface area contributed by atoms with E-state index < -0.39 is 0 Å². The summed E-state index contributed by atoms with van der Waals surface area (Å²) >= 11 is 1.77. The molecule has 0 N–H and O–H groups in total. The van der Waals surface area contributed by atoms with Gasteiger partial charge in [-0.2, -0.15) is 0 Å². The molecule has 0 spiro atoms. The van der Waals surface area contributed by atoms with Gasteiger partial charge in [-0.05, 0) is 43.2 Å². The maximum Gasteiger partial charge on any atom is 0.163 e. The summed E-state index contributed by atoms with van der Waals surface area (Å²) in [5.74, 6) is 1.34. The Hall–Kier alpha value is -4.68. The van der Waals surface area contributed by atoms with Gasteiger partial charge in [-0.15, -0.1) is 11.3 Å². The van der Waals surface area contributed by atoms with Gasteiger partial charge < -0.3 is 4.57 Å². The number of benzene rings is 3. The normalized spacial score (nSPS) is 12.9. The van der Waals surface area contributed by atoms with Crippen LogP contribution in [0.15, 0.2) is 97.5 Å². The molecule has 0 bridgehead atoms. The van der Waals surface area contributed by atoms with Crippen LogP contribution in [-0.2, 0) is 6.42 Å². The molecule has 3 aromatic carbocycles. The van der Waals surface area contributed by atoms with E-state index in [0.29, 0.717) is 11.6 Å². The molecule has 0 saturated carbocycles. The fourth-order valence-corrected chi connectivity index (χ4v) is 6.65. The topological polar surface area (TPSA) is 56.5 Å². The molecular weight excluding hydrogens is 486 g/mol. The monoisotopic (exact) mass is 507 g/mol. The van der Waals surface area contributed by atoms with E-state index in [1.165, 1.54) is 32.1 Å². The fraction of sp³-hybridized carbons (Fsp3) is 0.0625. The molecule has 1 aliphatic rings. The minimum Gasteiger partial charge on any atom is -0.311 e. The minimum absolute atomic E-state index is 0.667.